The van der Waals surface area contributed by atoms with E-state index >= 15 is 0 Å². The average molecular weight is 301 g/mol. The van der Waals surface area contributed by atoms with Crippen molar-refractivity contribution < 1.29 is 13.3 Å². The van der Waals surface area contributed by atoms with Gasteiger partial charge in [0.15, 0.2) is 0 Å². The van der Waals surface area contributed by atoms with Gasteiger partial charge in [0.1, 0.15) is 0 Å². The van der Waals surface area contributed by atoms with Crippen LogP contribution in [0.25, 0.3) is 0 Å². The lowest BCUT2D eigenvalue weighted by molar-refractivity contribution is -0.385. The lowest BCUT2D eigenvalue weighted by Crippen LogP contribution is -2.29. The van der Waals surface area contributed by atoms with Gasteiger partial charge >= 0.3 is 0 Å². The van der Waals surface area contributed by atoms with Crippen LogP contribution in [0.2, 0.25) is 0 Å². The Bertz CT molecular complexity index is 586. The SMILES string of the molecule is CNCCCN(C)S(=O)(=O)c1ccc(C)c([N+](=O)[O-])c1. The molecule has 20 heavy (non-hydrogen) atoms. The van der Waals surface area contributed by atoms with E-state index in [-0.39, 0.29) is 10.6 Å². The molecule has 0 saturated heterocycles. The minimum Gasteiger partial charge on any atom is -0.320 e. The van der Waals surface area contributed by atoms with E-state index < -0.39 is 14.9 Å². The van der Waals surface area contributed by atoms with Crippen molar-refractivity contribution in [1.29, 1.82) is 0 Å². The van der Waals surface area contributed by atoms with E-state index in [0.717, 1.165) is 6.07 Å². The quantitative estimate of drug-likeness (QED) is 0.463. The van der Waals surface area contributed by atoms with Gasteiger partial charge in [0.25, 0.3) is 5.69 Å². The van der Waals surface area contributed by atoms with Gasteiger partial charge in [-0.05, 0) is 33.0 Å². The Labute approximate surface area is 118 Å². The monoisotopic (exact) mass is 301 g/mol. The molecule has 0 aliphatic heterocycles. The van der Waals surface area contributed by atoms with Crippen molar-refractivity contribution in [2.24, 2.45) is 0 Å². The first-order valence-electron chi connectivity index (χ1n) is 6.16. The maximum Gasteiger partial charge on any atom is 0.273 e. The van der Waals surface area contributed by atoms with Crippen LogP contribution < -0.4 is 5.32 Å². The molecule has 0 unspecified atom stereocenters. The number of rotatable bonds is 7. The molecule has 0 aromatic heterocycles. The molecule has 0 fully saturated rings. The summed E-state index contributed by atoms with van der Waals surface area (Å²) in [6.07, 6.45) is 0.667. The number of benzene rings is 1. The summed E-state index contributed by atoms with van der Waals surface area (Å²) in [5, 5.41) is 13.8. The molecule has 0 radical (unpaired) electrons. The molecule has 1 aromatic carbocycles. The van der Waals surface area contributed by atoms with Gasteiger partial charge in [-0.15, -0.1) is 0 Å². The zero-order valence-electron chi connectivity index (χ0n) is 11.8. The largest absolute Gasteiger partial charge is 0.320 e. The van der Waals surface area contributed by atoms with Crippen LogP contribution in [-0.2, 0) is 10.0 Å². The Kier molecular flexibility index (Phi) is 5.61. The molecule has 0 bridgehead atoms. The molecule has 112 valence electrons. The highest BCUT2D eigenvalue weighted by Gasteiger charge is 2.23. The number of nitrogens with zero attached hydrogens (tertiary/aromatic N) is 2. The predicted octanol–water partition coefficient (Wildman–Crippen LogP) is 1.13. The number of sulfonamides is 1. The molecule has 1 N–H and O–H groups in total. The van der Waals surface area contributed by atoms with Crippen molar-refractivity contribution in [1.82, 2.24) is 9.62 Å². The summed E-state index contributed by atoms with van der Waals surface area (Å²) in [6, 6.07) is 3.96. The Morgan fingerprint density at radius 3 is 2.60 bits per heavy atom. The Hall–Kier alpha value is -1.51. The third-order valence-corrected chi connectivity index (χ3v) is 4.84. The first kappa shape index (κ1) is 16.5. The molecule has 1 aromatic rings. The van der Waals surface area contributed by atoms with Gasteiger partial charge in [-0.1, -0.05) is 6.07 Å². The van der Waals surface area contributed by atoms with Crippen molar-refractivity contribution in [3.8, 4) is 0 Å². The second-order valence-corrected chi connectivity index (χ2v) is 6.53. The van der Waals surface area contributed by atoms with Gasteiger partial charge in [-0.2, -0.15) is 0 Å². The Morgan fingerprint density at radius 1 is 1.40 bits per heavy atom. The standard InChI is InChI=1S/C12H19N3O4S/c1-10-5-6-11(9-12(10)15(16)17)20(18,19)14(3)8-4-7-13-2/h5-6,9,13H,4,7-8H2,1-3H3. The van der Waals surface area contributed by atoms with E-state index in [1.54, 1.807) is 14.0 Å². The normalized spacial score (nSPS) is 11.8. The van der Waals surface area contributed by atoms with E-state index in [2.05, 4.69) is 5.32 Å². The van der Waals surface area contributed by atoms with E-state index in [1.165, 1.54) is 23.5 Å². The third kappa shape index (κ3) is 3.75. The van der Waals surface area contributed by atoms with Crippen LogP contribution in [0, 0.1) is 17.0 Å². The lowest BCUT2D eigenvalue weighted by atomic mass is 10.2. The zero-order valence-corrected chi connectivity index (χ0v) is 12.6. The van der Waals surface area contributed by atoms with E-state index in [1.807, 2.05) is 0 Å². The highest BCUT2D eigenvalue weighted by Crippen LogP contribution is 2.23. The molecule has 0 aliphatic carbocycles. The fraction of sp³-hybridized carbons (Fsp3) is 0.500. The van der Waals surface area contributed by atoms with E-state index in [9.17, 15) is 18.5 Å². The molecule has 0 saturated carbocycles. The van der Waals surface area contributed by atoms with Crippen LogP contribution in [-0.4, -0.2) is 44.8 Å². The summed E-state index contributed by atoms with van der Waals surface area (Å²) >= 11 is 0. The number of hydrogen-bond donors (Lipinski definition) is 1. The molecule has 8 heteroatoms. The average Bonchev–Trinajstić information content (AvgIpc) is 2.38. The lowest BCUT2D eigenvalue weighted by Gasteiger charge is -2.17. The van der Waals surface area contributed by atoms with Crippen molar-refractivity contribution >= 4 is 15.7 Å². The first-order valence-corrected chi connectivity index (χ1v) is 7.60. The predicted molar refractivity (Wildman–Crippen MR) is 76.2 cm³/mol. The van der Waals surface area contributed by atoms with Gasteiger partial charge in [-0.3, -0.25) is 10.1 Å². The molecule has 0 atom stereocenters. The summed E-state index contributed by atoms with van der Waals surface area (Å²) in [6.45, 7) is 2.63. The molecule has 7 nitrogen and oxygen atoms in total. The smallest absolute Gasteiger partial charge is 0.273 e. The molecular weight excluding hydrogens is 282 g/mol. The van der Waals surface area contributed by atoms with Gasteiger partial charge < -0.3 is 5.32 Å². The van der Waals surface area contributed by atoms with Crippen LogP contribution in [0.5, 0.6) is 0 Å². The second kappa shape index (κ2) is 6.78. The summed E-state index contributed by atoms with van der Waals surface area (Å²) in [5.41, 5.74) is 0.251. The van der Waals surface area contributed by atoms with E-state index in [4.69, 9.17) is 0 Å². The summed E-state index contributed by atoms with van der Waals surface area (Å²) in [5.74, 6) is 0. The summed E-state index contributed by atoms with van der Waals surface area (Å²) in [7, 11) is -0.433. The minimum absolute atomic E-state index is 0.0539. The number of nitro benzene ring substituents is 1. The number of hydrogen-bond acceptors (Lipinski definition) is 5. The van der Waals surface area contributed by atoms with Crippen molar-refractivity contribution in [3.63, 3.8) is 0 Å². The van der Waals surface area contributed by atoms with Crippen molar-refractivity contribution in [2.45, 2.75) is 18.2 Å². The van der Waals surface area contributed by atoms with Gasteiger partial charge in [0, 0.05) is 25.2 Å². The van der Waals surface area contributed by atoms with Crippen LogP contribution in [0.3, 0.4) is 0 Å². The van der Waals surface area contributed by atoms with Gasteiger partial charge in [-0.25, -0.2) is 12.7 Å². The Balaban J connectivity index is 3.03. The van der Waals surface area contributed by atoms with Gasteiger partial charge in [0.05, 0.1) is 9.82 Å². The van der Waals surface area contributed by atoms with Gasteiger partial charge in [0.2, 0.25) is 10.0 Å². The molecule has 0 aliphatic rings. The first-order chi connectivity index (χ1) is 9.30. The fourth-order valence-corrected chi connectivity index (χ4v) is 2.95. The Morgan fingerprint density at radius 2 is 2.05 bits per heavy atom. The van der Waals surface area contributed by atoms with Crippen LogP contribution >= 0.6 is 0 Å². The molecule has 0 spiro atoms. The second-order valence-electron chi connectivity index (χ2n) is 4.49. The van der Waals surface area contributed by atoms with Crippen molar-refractivity contribution in [2.75, 3.05) is 27.2 Å². The van der Waals surface area contributed by atoms with E-state index in [0.29, 0.717) is 25.1 Å². The highest BCUT2D eigenvalue weighted by molar-refractivity contribution is 7.89. The number of nitrogens with one attached hydrogen (secondary N) is 1. The molecule has 1 rings (SSSR count). The topological polar surface area (TPSA) is 92.6 Å². The summed E-state index contributed by atoms with van der Waals surface area (Å²) in [4.78, 5) is 10.2. The molecular formula is C12H19N3O4S. The fourth-order valence-electron chi connectivity index (χ4n) is 1.72. The molecule has 0 heterocycles. The third-order valence-electron chi connectivity index (χ3n) is 2.99. The van der Waals surface area contributed by atoms with Crippen LogP contribution in [0.15, 0.2) is 23.1 Å². The zero-order chi connectivity index (χ0) is 15.3. The maximum absolute atomic E-state index is 12.3. The van der Waals surface area contributed by atoms with Crippen LogP contribution in [0.1, 0.15) is 12.0 Å². The van der Waals surface area contributed by atoms with Crippen molar-refractivity contribution in [3.05, 3.63) is 33.9 Å². The van der Waals surface area contributed by atoms with Crippen LogP contribution in [0.4, 0.5) is 5.69 Å². The molecule has 0 amide bonds. The number of nitro groups is 1. The highest BCUT2D eigenvalue weighted by atomic mass is 32.2. The minimum atomic E-state index is -3.69. The number of aryl methyl sites for hydroxylation is 1. The maximum atomic E-state index is 12.3. The summed E-state index contributed by atoms with van der Waals surface area (Å²) < 4.78 is 25.8.